The second-order valence-corrected chi connectivity index (χ2v) is 4.83. The summed E-state index contributed by atoms with van der Waals surface area (Å²) in [5.41, 5.74) is -0.128. The first-order valence-electron chi connectivity index (χ1n) is 6.15. The minimum atomic E-state index is -0.594. The molecule has 3 N–H and O–H groups in total. The number of aromatic nitrogens is 2. The number of amides is 1. The topological polar surface area (TPSA) is 104 Å². The first-order chi connectivity index (χ1) is 9.01. The molecule has 1 aromatic heterocycles. The number of carbonyl (C=O) groups excluding carboxylic acids is 1. The first kappa shape index (κ1) is 13.7. The molecule has 1 fully saturated rings. The van der Waals surface area contributed by atoms with Crippen molar-refractivity contribution in [2.75, 3.05) is 6.61 Å². The van der Waals surface area contributed by atoms with Gasteiger partial charge in [-0.15, -0.1) is 0 Å². The van der Waals surface area contributed by atoms with Gasteiger partial charge in [-0.1, -0.05) is 0 Å². The van der Waals surface area contributed by atoms with Crippen LogP contribution in [0.4, 0.5) is 0 Å². The van der Waals surface area contributed by atoms with E-state index in [4.69, 9.17) is 5.11 Å². The summed E-state index contributed by atoms with van der Waals surface area (Å²) >= 11 is 0. The van der Waals surface area contributed by atoms with E-state index in [2.05, 4.69) is 10.4 Å². The van der Waals surface area contributed by atoms with Crippen LogP contribution in [0.3, 0.4) is 0 Å². The van der Waals surface area contributed by atoms with Crippen LogP contribution in [0.25, 0.3) is 0 Å². The Kier molecular flexibility index (Phi) is 3.96. The van der Waals surface area contributed by atoms with Crippen LogP contribution in [0.5, 0.6) is 0 Å². The van der Waals surface area contributed by atoms with Crippen molar-refractivity contribution in [1.82, 2.24) is 15.1 Å². The third kappa shape index (κ3) is 2.99. The molecule has 0 bridgehead atoms. The molecule has 0 aliphatic heterocycles. The maximum atomic E-state index is 11.9. The number of hydrogen-bond donors (Lipinski definition) is 3. The fourth-order valence-electron chi connectivity index (χ4n) is 2.30. The Morgan fingerprint density at radius 1 is 1.53 bits per heavy atom. The normalized spacial score (nSPS) is 26.4. The average Bonchev–Trinajstić information content (AvgIpc) is 2.72. The van der Waals surface area contributed by atoms with Crippen molar-refractivity contribution in [1.29, 1.82) is 0 Å². The molecular weight excluding hydrogens is 250 g/mol. The van der Waals surface area contributed by atoms with Gasteiger partial charge >= 0.3 is 0 Å². The van der Waals surface area contributed by atoms with E-state index in [-0.39, 0.29) is 35.7 Å². The summed E-state index contributed by atoms with van der Waals surface area (Å²) < 4.78 is 1.09. The van der Waals surface area contributed by atoms with Crippen molar-refractivity contribution in [3.05, 3.63) is 28.2 Å². The highest BCUT2D eigenvalue weighted by Gasteiger charge is 2.33. The van der Waals surface area contributed by atoms with Crippen LogP contribution in [0, 0.1) is 5.92 Å². The lowest BCUT2D eigenvalue weighted by Crippen LogP contribution is -2.35. The molecule has 2 rings (SSSR count). The zero-order chi connectivity index (χ0) is 14.0. The van der Waals surface area contributed by atoms with Gasteiger partial charge in [0, 0.05) is 31.7 Å². The van der Waals surface area contributed by atoms with Crippen LogP contribution >= 0.6 is 0 Å². The summed E-state index contributed by atoms with van der Waals surface area (Å²) in [5, 5.41) is 25.3. The largest absolute Gasteiger partial charge is 0.396 e. The highest BCUT2D eigenvalue weighted by molar-refractivity contribution is 5.92. The Morgan fingerprint density at radius 2 is 2.26 bits per heavy atom. The second kappa shape index (κ2) is 5.50. The Labute approximate surface area is 109 Å². The van der Waals surface area contributed by atoms with Gasteiger partial charge in [0.25, 0.3) is 11.5 Å². The van der Waals surface area contributed by atoms with E-state index >= 15 is 0 Å². The molecule has 1 heterocycles. The molecule has 7 heteroatoms. The number of hydrogen-bond acceptors (Lipinski definition) is 5. The SMILES string of the molecule is Cn1nc(C(=O)N[C@@H]2C[C@@H](CO)[C@H](O)C2)ccc1=O. The molecule has 7 nitrogen and oxygen atoms in total. The fraction of sp³-hybridized carbons (Fsp3) is 0.583. The molecule has 104 valence electrons. The summed E-state index contributed by atoms with van der Waals surface area (Å²) in [4.78, 5) is 23.1. The molecule has 0 spiro atoms. The predicted octanol–water partition coefficient (Wildman–Crippen LogP) is -1.36. The van der Waals surface area contributed by atoms with Gasteiger partial charge in [-0.05, 0) is 18.9 Å². The van der Waals surface area contributed by atoms with Crippen molar-refractivity contribution < 1.29 is 15.0 Å². The minimum absolute atomic E-state index is 0.0916. The molecule has 1 aromatic rings. The molecule has 0 unspecified atom stereocenters. The maximum absolute atomic E-state index is 11.9. The number of carbonyl (C=O) groups is 1. The smallest absolute Gasteiger partial charge is 0.271 e. The standard InChI is InChI=1S/C12H17N3O4/c1-15-11(18)3-2-9(14-15)12(19)13-8-4-7(6-16)10(17)5-8/h2-3,7-8,10,16-17H,4-6H2,1H3,(H,13,19)/t7-,8+,10+/m0/s1. The summed E-state index contributed by atoms with van der Waals surface area (Å²) in [5.74, 6) is -0.579. The minimum Gasteiger partial charge on any atom is -0.396 e. The summed E-state index contributed by atoms with van der Waals surface area (Å²) in [6, 6.07) is 2.47. The van der Waals surface area contributed by atoms with E-state index in [1.165, 1.54) is 19.2 Å². The molecule has 0 radical (unpaired) electrons. The van der Waals surface area contributed by atoms with Crippen molar-refractivity contribution in [2.45, 2.75) is 25.0 Å². The lowest BCUT2D eigenvalue weighted by molar-refractivity contribution is 0.0902. The highest BCUT2D eigenvalue weighted by Crippen LogP contribution is 2.25. The van der Waals surface area contributed by atoms with Crippen molar-refractivity contribution >= 4 is 5.91 Å². The van der Waals surface area contributed by atoms with Gasteiger partial charge in [0.2, 0.25) is 0 Å². The number of nitrogens with zero attached hydrogens (tertiary/aromatic N) is 2. The number of nitrogens with one attached hydrogen (secondary N) is 1. The fourth-order valence-corrected chi connectivity index (χ4v) is 2.30. The Bertz CT molecular complexity index is 528. The van der Waals surface area contributed by atoms with Crippen LogP contribution in [-0.4, -0.2) is 44.7 Å². The number of rotatable bonds is 3. The summed E-state index contributed by atoms with van der Waals surface area (Å²) in [7, 11) is 1.47. The van der Waals surface area contributed by atoms with Crippen molar-refractivity contribution in [3.8, 4) is 0 Å². The number of aryl methyl sites for hydroxylation is 1. The van der Waals surface area contributed by atoms with Crippen LogP contribution in [0.2, 0.25) is 0 Å². The van der Waals surface area contributed by atoms with Gasteiger partial charge in [-0.3, -0.25) is 9.59 Å². The van der Waals surface area contributed by atoms with E-state index in [0.29, 0.717) is 12.8 Å². The number of aliphatic hydroxyl groups excluding tert-OH is 2. The summed E-state index contributed by atoms with van der Waals surface area (Å²) in [6.45, 7) is -0.0916. The van der Waals surface area contributed by atoms with Gasteiger partial charge in [-0.25, -0.2) is 4.68 Å². The van der Waals surface area contributed by atoms with E-state index < -0.39 is 6.10 Å². The molecule has 1 aliphatic carbocycles. The van der Waals surface area contributed by atoms with Crippen LogP contribution in [-0.2, 0) is 7.05 Å². The lowest BCUT2D eigenvalue weighted by atomic mass is 10.1. The van der Waals surface area contributed by atoms with Crippen molar-refractivity contribution in [2.24, 2.45) is 13.0 Å². The summed E-state index contributed by atoms with van der Waals surface area (Å²) in [6.07, 6.45) is 0.362. The average molecular weight is 267 g/mol. The maximum Gasteiger partial charge on any atom is 0.271 e. The van der Waals surface area contributed by atoms with Gasteiger partial charge < -0.3 is 15.5 Å². The highest BCUT2D eigenvalue weighted by atomic mass is 16.3. The Morgan fingerprint density at radius 3 is 2.84 bits per heavy atom. The molecule has 0 saturated heterocycles. The zero-order valence-electron chi connectivity index (χ0n) is 10.6. The zero-order valence-corrected chi connectivity index (χ0v) is 10.6. The van der Waals surface area contributed by atoms with E-state index in [1.807, 2.05) is 0 Å². The van der Waals surface area contributed by atoms with Gasteiger partial charge in [0.05, 0.1) is 6.10 Å². The molecule has 1 aliphatic rings. The van der Waals surface area contributed by atoms with Crippen molar-refractivity contribution in [3.63, 3.8) is 0 Å². The van der Waals surface area contributed by atoms with E-state index in [0.717, 1.165) is 4.68 Å². The van der Waals surface area contributed by atoms with E-state index in [1.54, 1.807) is 0 Å². The third-order valence-corrected chi connectivity index (χ3v) is 3.42. The van der Waals surface area contributed by atoms with Crippen LogP contribution < -0.4 is 10.9 Å². The van der Waals surface area contributed by atoms with Gasteiger partial charge in [-0.2, -0.15) is 5.10 Å². The van der Waals surface area contributed by atoms with Gasteiger partial charge in [0.1, 0.15) is 5.69 Å². The quantitative estimate of drug-likeness (QED) is 0.627. The molecule has 19 heavy (non-hydrogen) atoms. The number of aliphatic hydroxyl groups is 2. The lowest BCUT2D eigenvalue weighted by Gasteiger charge is -2.12. The predicted molar refractivity (Wildman–Crippen MR) is 66.5 cm³/mol. The molecule has 0 aromatic carbocycles. The van der Waals surface area contributed by atoms with Gasteiger partial charge in [0.15, 0.2) is 0 Å². The van der Waals surface area contributed by atoms with Crippen LogP contribution in [0.15, 0.2) is 16.9 Å². The third-order valence-electron chi connectivity index (χ3n) is 3.42. The molecule has 1 amide bonds. The first-order valence-corrected chi connectivity index (χ1v) is 6.15. The second-order valence-electron chi connectivity index (χ2n) is 4.83. The molecule has 1 saturated carbocycles. The Balaban J connectivity index is 2.02. The molecular formula is C12H17N3O4. The Hall–Kier alpha value is -1.73. The monoisotopic (exact) mass is 267 g/mol. The van der Waals surface area contributed by atoms with Crippen LogP contribution in [0.1, 0.15) is 23.3 Å². The van der Waals surface area contributed by atoms with E-state index in [9.17, 15) is 14.7 Å². The molecule has 3 atom stereocenters.